The number of ether oxygens (including phenoxy) is 1. The smallest absolute Gasteiger partial charge is 0.258 e. The maximum absolute atomic E-state index is 13.6. The Kier molecular flexibility index (Phi) is 6.13. The minimum Gasteiger partial charge on any atom is -0.489 e. The highest BCUT2D eigenvalue weighted by Crippen LogP contribution is 2.35. The van der Waals surface area contributed by atoms with Gasteiger partial charge in [0.1, 0.15) is 19.0 Å². The van der Waals surface area contributed by atoms with Crippen LogP contribution in [0.1, 0.15) is 33.8 Å². The predicted molar refractivity (Wildman–Crippen MR) is 120 cm³/mol. The summed E-state index contributed by atoms with van der Waals surface area (Å²) in [5.41, 5.74) is 1.54. The standard InChI is InChI=1S/C24H18Cl2N2O3/c25-20-6-5-15(12-21(20)26)17(7-9-29)14-28-8-10-31-23-18(13-27)11-16-3-1-2-4-19(16)22(23)24(28)30/h1-6,9,11-12,17H,7-8,10,14H2/t17-/m1/s1. The molecule has 0 saturated carbocycles. The lowest BCUT2D eigenvalue weighted by Crippen LogP contribution is -2.36. The van der Waals surface area contributed by atoms with Crippen molar-refractivity contribution in [3.63, 3.8) is 0 Å². The number of benzene rings is 3. The minimum atomic E-state index is -0.247. The van der Waals surface area contributed by atoms with E-state index < -0.39 is 0 Å². The molecule has 156 valence electrons. The lowest BCUT2D eigenvalue weighted by Gasteiger charge is -2.26. The van der Waals surface area contributed by atoms with Crippen molar-refractivity contribution in [2.24, 2.45) is 0 Å². The zero-order chi connectivity index (χ0) is 22.0. The molecule has 0 fully saturated rings. The molecule has 0 saturated heterocycles. The number of aldehydes is 1. The van der Waals surface area contributed by atoms with Crippen molar-refractivity contribution in [2.45, 2.75) is 12.3 Å². The molecule has 1 aliphatic rings. The minimum absolute atomic E-state index is 0.225. The molecule has 31 heavy (non-hydrogen) atoms. The van der Waals surface area contributed by atoms with Gasteiger partial charge in [0.2, 0.25) is 0 Å². The lowest BCUT2D eigenvalue weighted by molar-refractivity contribution is -0.108. The summed E-state index contributed by atoms with van der Waals surface area (Å²) < 4.78 is 5.87. The van der Waals surface area contributed by atoms with E-state index in [1.54, 1.807) is 23.1 Å². The molecule has 0 aromatic heterocycles. The number of hydrogen-bond donors (Lipinski definition) is 0. The maximum Gasteiger partial charge on any atom is 0.258 e. The van der Waals surface area contributed by atoms with Crippen LogP contribution in [0, 0.1) is 11.3 Å². The molecule has 0 unspecified atom stereocenters. The molecular formula is C24H18Cl2N2O3. The van der Waals surface area contributed by atoms with Crippen LogP contribution in [0.25, 0.3) is 10.8 Å². The Bertz CT molecular complexity index is 1220. The third-order valence-electron chi connectivity index (χ3n) is 5.47. The maximum atomic E-state index is 13.6. The van der Waals surface area contributed by atoms with Crippen molar-refractivity contribution in [1.29, 1.82) is 5.26 Å². The fourth-order valence-corrected chi connectivity index (χ4v) is 4.24. The van der Waals surface area contributed by atoms with Crippen LogP contribution in [0.2, 0.25) is 10.0 Å². The van der Waals surface area contributed by atoms with Gasteiger partial charge in [-0.05, 0) is 34.5 Å². The fraction of sp³-hybridized carbons (Fsp3) is 0.208. The fourth-order valence-electron chi connectivity index (χ4n) is 3.93. The van der Waals surface area contributed by atoms with E-state index >= 15 is 0 Å². The topological polar surface area (TPSA) is 70.4 Å². The number of carbonyl (C=O) groups is 2. The Hall–Kier alpha value is -3.07. The first kappa shape index (κ1) is 21.2. The molecule has 0 spiro atoms. The molecule has 3 aromatic rings. The van der Waals surface area contributed by atoms with Gasteiger partial charge in [-0.2, -0.15) is 5.26 Å². The molecule has 0 aliphatic carbocycles. The second-order valence-corrected chi connectivity index (χ2v) is 8.15. The molecule has 1 heterocycles. The monoisotopic (exact) mass is 452 g/mol. The van der Waals surface area contributed by atoms with Gasteiger partial charge in [-0.15, -0.1) is 0 Å². The molecule has 7 heteroatoms. The normalized spacial score (nSPS) is 14.4. The van der Waals surface area contributed by atoms with E-state index in [9.17, 15) is 14.9 Å². The molecule has 1 atom stereocenters. The molecular weight excluding hydrogens is 435 g/mol. The van der Waals surface area contributed by atoms with Crippen molar-refractivity contribution >= 4 is 46.2 Å². The van der Waals surface area contributed by atoms with E-state index in [1.165, 1.54) is 0 Å². The first-order chi connectivity index (χ1) is 15.0. The average molecular weight is 453 g/mol. The molecule has 1 amide bonds. The van der Waals surface area contributed by atoms with E-state index in [2.05, 4.69) is 6.07 Å². The number of fused-ring (bicyclic) bond motifs is 3. The lowest BCUT2D eigenvalue weighted by atomic mass is 9.94. The number of rotatable bonds is 5. The van der Waals surface area contributed by atoms with Crippen LogP contribution in [-0.2, 0) is 4.79 Å². The van der Waals surface area contributed by atoms with Gasteiger partial charge in [0.25, 0.3) is 5.91 Å². The zero-order valence-corrected chi connectivity index (χ0v) is 18.0. The molecule has 3 aromatic carbocycles. The highest BCUT2D eigenvalue weighted by molar-refractivity contribution is 6.42. The van der Waals surface area contributed by atoms with Gasteiger partial charge < -0.3 is 14.4 Å². The van der Waals surface area contributed by atoms with Gasteiger partial charge in [-0.25, -0.2) is 0 Å². The zero-order valence-electron chi connectivity index (χ0n) is 16.5. The number of halogens is 2. The highest BCUT2D eigenvalue weighted by Gasteiger charge is 2.30. The molecule has 1 aliphatic heterocycles. The summed E-state index contributed by atoms with van der Waals surface area (Å²) >= 11 is 12.2. The summed E-state index contributed by atoms with van der Waals surface area (Å²) in [7, 11) is 0. The molecule has 0 bridgehead atoms. The van der Waals surface area contributed by atoms with E-state index in [4.69, 9.17) is 27.9 Å². The van der Waals surface area contributed by atoms with E-state index in [1.807, 2.05) is 30.3 Å². The van der Waals surface area contributed by atoms with E-state index in [0.29, 0.717) is 40.0 Å². The number of hydrogen-bond acceptors (Lipinski definition) is 4. The Morgan fingerprint density at radius 2 is 1.97 bits per heavy atom. The summed E-state index contributed by atoms with van der Waals surface area (Å²) in [5.74, 6) is -0.157. The van der Waals surface area contributed by atoms with Crippen molar-refractivity contribution in [2.75, 3.05) is 19.7 Å². The van der Waals surface area contributed by atoms with Crippen LogP contribution >= 0.6 is 23.2 Å². The quantitative estimate of drug-likeness (QED) is 0.497. The van der Waals surface area contributed by atoms with Gasteiger partial charge in [0.15, 0.2) is 5.75 Å². The SMILES string of the molecule is N#Cc1cc2ccccc2c2c1OCCN(C[C@@H](CC=O)c1ccc(Cl)c(Cl)c1)C2=O. The van der Waals surface area contributed by atoms with Gasteiger partial charge in [-0.3, -0.25) is 4.79 Å². The molecule has 0 radical (unpaired) electrons. The van der Waals surface area contributed by atoms with Gasteiger partial charge in [0, 0.05) is 18.9 Å². The average Bonchev–Trinajstić information content (AvgIpc) is 2.94. The highest BCUT2D eigenvalue weighted by atomic mass is 35.5. The van der Waals surface area contributed by atoms with Crippen molar-refractivity contribution in [1.82, 2.24) is 4.90 Å². The second-order valence-electron chi connectivity index (χ2n) is 7.33. The third-order valence-corrected chi connectivity index (χ3v) is 6.21. The molecule has 4 rings (SSSR count). The second kappa shape index (κ2) is 8.97. The van der Waals surface area contributed by atoms with E-state index in [-0.39, 0.29) is 24.9 Å². The van der Waals surface area contributed by atoms with E-state index in [0.717, 1.165) is 22.6 Å². The molecule has 5 nitrogen and oxygen atoms in total. The summed E-state index contributed by atoms with van der Waals surface area (Å²) in [6, 6.07) is 16.5. The Balaban J connectivity index is 1.75. The number of nitrogens with zero attached hydrogens (tertiary/aromatic N) is 2. The van der Waals surface area contributed by atoms with Crippen LogP contribution in [0.4, 0.5) is 0 Å². The van der Waals surface area contributed by atoms with Gasteiger partial charge in [0.05, 0.1) is 27.7 Å². The first-order valence-electron chi connectivity index (χ1n) is 9.80. The molecule has 0 N–H and O–H groups in total. The summed E-state index contributed by atoms with van der Waals surface area (Å²) in [6.07, 6.45) is 1.07. The van der Waals surface area contributed by atoms with Gasteiger partial charge >= 0.3 is 0 Å². The number of amides is 1. The Morgan fingerprint density at radius 1 is 1.16 bits per heavy atom. The van der Waals surface area contributed by atoms with Crippen molar-refractivity contribution < 1.29 is 14.3 Å². The summed E-state index contributed by atoms with van der Waals surface area (Å²) in [4.78, 5) is 26.7. The van der Waals surface area contributed by atoms with Crippen molar-refractivity contribution in [3.05, 3.63) is 75.3 Å². The van der Waals surface area contributed by atoms with Crippen molar-refractivity contribution in [3.8, 4) is 11.8 Å². The van der Waals surface area contributed by atoms with Crippen LogP contribution in [0.3, 0.4) is 0 Å². The van der Waals surface area contributed by atoms with Crippen LogP contribution < -0.4 is 4.74 Å². The summed E-state index contributed by atoms with van der Waals surface area (Å²) in [5, 5.41) is 11.9. The van der Waals surface area contributed by atoms with Gasteiger partial charge in [-0.1, -0.05) is 53.5 Å². The van der Waals surface area contributed by atoms with Crippen LogP contribution in [-0.4, -0.2) is 36.8 Å². The summed E-state index contributed by atoms with van der Waals surface area (Å²) in [6.45, 7) is 0.897. The Morgan fingerprint density at radius 3 is 2.71 bits per heavy atom. The third kappa shape index (κ3) is 4.10. The first-order valence-corrected chi connectivity index (χ1v) is 10.6. The largest absolute Gasteiger partial charge is 0.489 e. The number of nitriles is 1. The van der Waals surface area contributed by atoms with Crippen LogP contribution in [0.5, 0.6) is 5.75 Å². The Labute approximate surface area is 189 Å². The van der Waals surface area contributed by atoms with Crippen LogP contribution in [0.15, 0.2) is 48.5 Å². The predicted octanol–water partition coefficient (Wildman–Crippen LogP) is 5.23. The number of carbonyl (C=O) groups excluding carboxylic acids is 2.